The Labute approximate surface area is 216 Å². The minimum Gasteiger partial charge on any atom is -0.462 e. The number of esters is 1. The number of nitrogens with zero attached hydrogens (tertiary/aromatic N) is 1. The molecule has 3 atom stereocenters. The monoisotopic (exact) mass is 513 g/mol. The fourth-order valence-electron chi connectivity index (χ4n) is 5.69. The molecular formula is C29H20FNO7. The number of halogens is 1. The average Bonchev–Trinajstić information content (AvgIpc) is 3.49. The summed E-state index contributed by atoms with van der Waals surface area (Å²) < 4.78 is 24.8. The second-order valence-electron chi connectivity index (χ2n) is 9.31. The van der Waals surface area contributed by atoms with E-state index in [9.17, 15) is 28.4 Å². The first-order valence-electron chi connectivity index (χ1n) is 12.1. The summed E-state index contributed by atoms with van der Waals surface area (Å²) in [6.07, 6.45) is -1.15. The molecule has 2 saturated heterocycles. The molecule has 0 N–H and O–H groups in total. The summed E-state index contributed by atoms with van der Waals surface area (Å²) in [5.41, 5.74) is -1.22. The van der Waals surface area contributed by atoms with E-state index in [1.165, 1.54) is 60.7 Å². The second kappa shape index (κ2) is 8.53. The molecule has 38 heavy (non-hydrogen) atoms. The van der Waals surface area contributed by atoms with Crippen LogP contribution in [0.2, 0.25) is 0 Å². The maximum absolute atomic E-state index is 13.9. The van der Waals surface area contributed by atoms with Gasteiger partial charge in [-0.25, -0.2) is 14.1 Å². The van der Waals surface area contributed by atoms with Gasteiger partial charge in [-0.3, -0.25) is 19.2 Å². The first-order valence-corrected chi connectivity index (χ1v) is 12.1. The van der Waals surface area contributed by atoms with E-state index in [1.807, 2.05) is 0 Å². The molecule has 2 fully saturated rings. The zero-order valence-corrected chi connectivity index (χ0v) is 20.1. The van der Waals surface area contributed by atoms with Crippen molar-refractivity contribution in [1.82, 2.24) is 0 Å². The van der Waals surface area contributed by atoms with Gasteiger partial charge >= 0.3 is 5.97 Å². The van der Waals surface area contributed by atoms with Crippen molar-refractivity contribution in [3.63, 3.8) is 0 Å². The van der Waals surface area contributed by atoms with Crippen LogP contribution in [-0.2, 0) is 19.1 Å². The zero-order chi connectivity index (χ0) is 26.8. The predicted molar refractivity (Wildman–Crippen MR) is 130 cm³/mol. The number of ether oxygens (including phenoxy) is 2. The number of anilines is 1. The van der Waals surface area contributed by atoms with E-state index >= 15 is 0 Å². The molecule has 1 aliphatic carbocycles. The summed E-state index contributed by atoms with van der Waals surface area (Å²) in [4.78, 5) is 68.2. The van der Waals surface area contributed by atoms with Crippen LogP contribution in [0.15, 0.2) is 72.8 Å². The maximum Gasteiger partial charge on any atom is 0.338 e. The van der Waals surface area contributed by atoms with Gasteiger partial charge in [-0.1, -0.05) is 36.4 Å². The second-order valence-corrected chi connectivity index (χ2v) is 9.31. The Hall–Kier alpha value is -4.50. The quantitative estimate of drug-likeness (QED) is 0.298. The molecule has 190 valence electrons. The third kappa shape index (κ3) is 3.15. The Balaban J connectivity index is 1.46. The number of rotatable bonds is 4. The van der Waals surface area contributed by atoms with E-state index in [0.29, 0.717) is 5.56 Å². The Morgan fingerprint density at radius 1 is 0.895 bits per heavy atom. The largest absolute Gasteiger partial charge is 0.462 e. The molecule has 0 radical (unpaired) electrons. The van der Waals surface area contributed by atoms with Crippen LogP contribution in [0.3, 0.4) is 0 Å². The molecule has 9 heteroatoms. The van der Waals surface area contributed by atoms with E-state index in [-0.39, 0.29) is 29.0 Å². The third-order valence-electron chi connectivity index (χ3n) is 7.35. The van der Waals surface area contributed by atoms with Gasteiger partial charge in [0.2, 0.25) is 29.0 Å². The molecule has 1 spiro atoms. The van der Waals surface area contributed by atoms with Gasteiger partial charge < -0.3 is 9.47 Å². The van der Waals surface area contributed by atoms with Crippen molar-refractivity contribution in [2.75, 3.05) is 11.5 Å². The van der Waals surface area contributed by atoms with Crippen molar-refractivity contribution < 1.29 is 37.8 Å². The summed E-state index contributed by atoms with van der Waals surface area (Å²) in [5.74, 6) is -6.50. The lowest BCUT2D eigenvalue weighted by Crippen LogP contribution is -2.51. The highest BCUT2D eigenvalue weighted by Crippen LogP contribution is 2.57. The predicted octanol–water partition coefficient (Wildman–Crippen LogP) is 3.70. The molecule has 3 aromatic carbocycles. The standard InChI is InChI=1S/C29H20FNO7/c1-2-37-28(36)16-9-13-18(14-10-16)31-26(34)21-22(27(31)35)29(38-23(21)15-7-11-17(30)12-8-15)24(32)19-5-3-4-6-20(19)25(29)33/h3-14,21-23H,2H2,1H3/t21-,22+,23-/m1/s1. The van der Waals surface area contributed by atoms with Crippen molar-refractivity contribution in [1.29, 1.82) is 0 Å². The summed E-state index contributed by atoms with van der Waals surface area (Å²) in [5, 5.41) is 0. The molecule has 3 aliphatic rings. The molecular weight excluding hydrogens is 493 g/mol. The van der Waals surface area contributed by atoms with Crippen molar-refractivity contribution in [2.24, 2.45) is 11.8 Å². The Morgan fingerprint density at radius 3 is 2.08 bits per heavy atom. The van der Waals surface area contributed by atoms with Gasteiger partial charge in [0, 0.05) is 11.1 Å². The fraction of sp³-hybridized carbons (Fsp3) is 0.207. The van der Waals surface area contributed by atoms with Crippen LogP contribution in [0.25, 0.3) is 0 Å². The van der Waals surface area contributed by atoms with Gasteiger partial charge in [0.15, 0.2) is 0 Å². The zero-order valence-electron chi connectivity index (χ0n) is 20.1. The van der Waals surface area contributed by atoms with Gasteiger partial charge in [0.1, 0.15) is 5.82 Å². The SMILES string of the molecule is CCOC(=O)c1ccc(N2C(=O)[C@H]3[C@@H](c4ccc(F)cc4)OC4(C(=O)c5ccccc5C4=O)[C@@H]3C2=O)cc1. The molecule has 3 aromatic rings. The average molecular weight is 513 g/mol. The number of carbonyl (C=O) groups is 5. The lowest BCUT2D eigenvalue weighted by Gasteiger charge is -2.27. The van der Waals surface area contributed by atoms with E-state index in [1.54, 1.807) is 19.1 Å². The van der Waals surface area contributed by atoms with E-state index in [4.69, 9.17) is 9.47 Å². The summed E-state index contributed by atoms with van der Waals surface area (Å²) in [6.45, 7) is 1.86. The molecule has 0 saturated carbocycles. The number of fused-ring (bicyclic) bond motifs is 3. The van der Waals surface area contributed by atoms with E-state index < -0.39 is 58.7 Å². The molecule has 2 heterocycles. The number of ketones is 2. The van der Waals surface area contributed by atoms with Crippen LogP contribution in [-0.4, -0.2) is 41.6 Å². The molecule has 6 rings (SSSR count). The maximum atomic E-state index is 13.9. The number of carbonyl (C=O) groups excluding carboxylic acids is 5. The summed E-state index contributed by atoms with van der Waals surface area (Å²) in [7, 11) is 0. The van der Waals surface area contributed by atoms with Crippen LogP contribution in [0.1, 0.15) is 49.7 Å². The summed E-state index contributed by atoms with van der Waals surface area (Å²) >= 11 is 0. The smallest absolute Gasteiger partial charge is 0.338 e. The fourth-order valence-corrected chi connectivity index (χ4v) is 5.69. The number of amides is 2. The van der Waals surface area contributed by atoms with Gasteiger partial charge in [-0.15, -0.1) is 0 Å². The molecule has 2 aliphatic heterocycles. The van der Waals surface area contributed by atoms with Crippen LogP contribution < -0.4 is 4.90 Å². The van der Waals surface area contributed by atoms with Crippen LogP contribution in [0, 0.1) is 17.7 Å². The van der Waals surface area contributed by atoms with E-state index in [2.05, 4.69) is 0 Å². The minimum atomic E-state index is -2.22. The summed E-state index contributed by atoms with van der Waals surface area (Å²) in [6, 6.07) is 17.1. The Bertz CT molecular complexity index is 1490. The van der Waals surface area contributed by atoms with Crippen molar-refractivity contribution in [3.8, 4) is 0 Å². The number of imide groups is 1. The van der Waals surface area contributed by atoms with Gasteiger partial charge in [0.25, 0.3) is 0 Å². The highest BCUT2D eigenvalue weighted by Gasteiger charge is 2.74. The number of Topliss-reactive ketones (excluding diaryl/α,β-unsaturated/α-hetero) is 2. The molecule has 2 amide bonds. The van der Waals surface area contributed by atoms with Crippen molar-refractivity contribution in [3.05, 3.63) is 101 Å². The third-order valence-corrected chi connectivity index (χ3v) is 7.35. The molecule has 0 aromatic heterocycles. The van der Waals surface area contributed by atoms with Crippen LogP contribution in [0.5, 0.6) is 0 Å². The van der Waals surface area contributed by atoms with Crippen LogP contribution >= 0.6 is 0 Å². The molecule has 8 nitrogen and oxygen atoms in total. The number of benzene rings is 3. The first-order chi connectivity index (χ1) is 18.3. The lowest BCUT2D eigenvalue weighted by atomic mass is 9.77. The molecule has 0 bridgehead atoms. The van der Waals surface area contributed by atoms with Crippen molar-refractivity contribution in [2.45, 2.75) is 18.6 Å². The van der Waals surface area contributed by atoms with Gasteiger partial charge in [-0.05, 0) is 48.9 Å². The normalized spacial score (nSPS) is 23.2. The number of hydrogen-bond acceptors (Lipinski definition) is 7. The Kier molecular flexibility index (Phi) is 5.36. The van der Waals surface area contributed by atoms with Crippen molar-refractivity contribution >= 4 is 35.0 Å². The highest BCUT2D eigenvalue weighted by molar-refractivity contribution is 6.37. The Morgan fingerprint density at radius 2 is 1.50 bits per heavy atom. The highest BCUT2D eigenvalue weighted by atomic mass is 19.1. The van der Waals surface area contributed by atoms with Gasteiger partial charge in [0.05, 0.1) is 35.8 Å². The first kappa shape index (κ1) is 23.9. The number of hydrogen-bond donors (Lipinski definition) is 0. The molecule has 0 unspecified atom stereocenters. The lowest BCUT2D eigenvalue weighted by molar-refractivity contribution is -0.127. The van der Waals surface area contributed by atoms with Gasteiger partial charge in [-0.2, -0.15) is 0 Å². The van der Waals surface area contributed by atoms with Crippen LogP contribution in [0.4, 0.5) is 10.1 Å². The van der Waals surface area contributed by atoms with E-state index in [0.717, 1.165) is 4.90 Å². The topological polar surface area (TPSA) is 107 Å². The minimum absolute atomic E-state index is 0.119.